The quantitative estimate of drug-likeness (QED) is 0.910. The summed E-state index contributed by atoms with van der Waals surface area (Å²) in [6.07, 6.45) is 1.60. The van der Waals surface area contributed by atoms with Crippen LogP contribution in [0.4, 0.5) is 4.39 Å². The molecule has 1 aromatic rings. The van der Waals surface area contributed by atoms with Crippen LogP contribution in [-0.4, -0.2) is 35.6 Å². The van der Waals surface area contributed by atoms with Crippen molar-refractivity contribution in [2.24, 2.45) is 5.92 Å². The first-order valence-electron chi connectivity index (χ1n) is 5.97. The van der Waals surface area contributed by atoms with Gasteiger partial charge in [0.15, 0.2) is 0 Å². The van der Waals surface area contributed by atoms with Crippen LogP contribution in [0.1, 0.15) is 23.2 Å². The number of halogens is 2. The third-order valence-electron chi connectivity index (χ3n) is 3.32. The number of aliphatic hydroxyl groups excluding tert-OH is 1. The highest BCUT2D eigenvalue weighted by Crippen LogP contribution is 2.23. The van der Waals surface area contributed by atoms with Crippen LogP contribution in [0.3, 0.4) is 0 Å². The minimum Gasteiger partial charge on any atom is -0.396 e. The van der Waals surface area contributed by atoms with E-state index in [1.165, 1.54) is 12.1 Å². The van der Waals surface area contributed by atoms with E-state index in [0.717, 1.165) is 12.8 Å². The number of hydrogen-bond donors (Lipinski definition) is 1. The second kappa shape index (κ2) is 5.80. The van der Waals surface area contributed by atoms with Crippen LogP contribution in [0, 0.1) is 11.7 Å². The summed E-state index contributed by atoms with van der Waals surface area (Å²) in [7, 11) is 0. The van der Waals surface area contributed by atoms with E-state index in [-0.39, 0.29) is 18.4 Å². The van der Waals surface area contributed by atoms with Crippen LogP contribution in [-0.2, 0) is 0 Å². The summed E-state index contributed by atoms with van der Waals surface area (Å²) < 4.78 is 13.8. The lowest BCUT2D eigenvalue weighted by Gasteiger charge is -2.31. The summed E-state index contributed by atoms with van der Waals surface area (Å²) in [5.74, 6) is -0.283. The Bertz CT molecular complexity index is 445. The molecule has 1 aliphatic heterocycles. The maximum atomic E-state index is 13.2. The molecule has 1 aliphatic rings. The van der Waals surface area contributed by atoms with Crippen molar-refractivity contribution in [1.82, 2.24) is 4.90 Å². The summed E-state index contributed by atoms with van der Waals surface area (Å²) in [6, 6.07) is 4.12. The third kappa shape index (κ3) is 2.90. The Hall–Kier alpha value is -0.940. The van der Waals surface area contributed by atoms with Gasteiger partial charge in [-0.2, -0.15) is 0 Å². The Morgan fingerprint density at radius 1 is 1.44 bits per heavy atom. The van der Waals surface area contributed by atoms with E-state index in [4.69, 9.17) is 5.11 Å². The fourth-order valence-electron chi connectivity index (χ4n) is 2.15. The number of carbonyl (C=O) groups is 1. The van der Waals surface area contributed by atoms with Gasteiger partial charge < -0.3 is 10.0 Å². The van der Waals surface area contributed by atoms with Gasteiger partial charge in [0, 0.05) is 24.2 Å². The molecule has 0 unspecified atom stereocenters. The van der Waals surface area contributed by atoms with E-state index in [2.05, 4.69) is 15.9 Å². The highest BCUT2D eigenvalue weighted by atomic mass is 79.9. The molecule has 0 radical (unpaired) electrons. The normalized spacial score (nSPS) is 16.9. The topological polar surface area (TPSA) is 40.5 Å². The van der Waals surface area contributed by atoms with E-state index in [9.17, 15) is 9.18 Å². The molecule has 0 aliphatic carbocycles. The van der Waals surface area contributed by atoms with Crippen molar-refractivity contribution >= 4 is 21.8 Å². The Morgan fingerprint density at radius 2 is 2.11 bits per heavy atom. The van der Waals surface area contributed by atoms with Crippen molar-refractivity contribution in [3.8, 4) is 0 Å². The fraction of sp³-hybridized carbons (Fsp3) is 0.462. The summed E-state index contributed by atoms with van der Waals surface area (Å²) in [5, 5.41) is 9.05. The van der Waals surface area contributed by atoms with E-state index in [0.29, 0.717) is 23.1 Å². The monoisotopic (exact) mass is 315 g/mol. The molecule has 18 heavy (non-hydrogen) atoms. The number of piperidine rings is 1. The van der Waals surface area contributed by atoms with E-state index in [1.54, 1.807) is 11.0 Å². The van der Waals surface area contributed by atoms with Gasteiger partial charge in [-0.15, -0.1) is 0 Å². The second-order valence-corrected chi connectivity index (χ2v) is 5.40. The highest BCUT2D eigenvalue weighted by Gasteiger charge is 2.24. The standard InChI is InChI=1S/C13H15BrFNO2/c14-12-2-1-10(15)7-11(12)13(18)16-5-3-9(8-17)4-6-16/h1-2,7,9,17H,3-6,8H2. The van der Waals surface area contributed by atoms with Gasteiger partial charge in [0.05, 0.1) is 5.56 Å². The fourth-order valence-corrected chi connectivity index (χ4v) is 2.57. The predicted molar refractivity (Wildman–Crippen MR) is 69.8 cm³/mol. The summed E-state index contributed by atoms with van der Waals surface area (Å²) in [4.78, 5) is 13.9. The zero-order valence-corrected chi connectivity index (χ0v) is 11.5. The lowest BCUT2D eigenvalue weighted by atomic mass is 9.97. The summed E-state index contributed by atoms with van der Waals surface area (Å²) in [5.41, 5.74) is 0.359. The first-order chi connectivity index (χ1) is 8.61. The minimum atomic E-state index is -0.410. The van der Waals surface area contributed by atoms with Crippen molar-refractivity contribution < 1.29 is 14.3 Å². The number of benzene rings is 1. The molecule has 5 heteroatoms. The Morgan fingerprint density at radius 3 is 2.72 bits per heavy atom. The average molecular weight is 316 g/mol. The Kier molecular flexibility index (Phi) is 4.35. The van der Waals surface area contributed by atoms with Gasteiger partial charge in [0.1, 0.15) is 5.82 Å². The van der Waals surface area contributed by atoms with E-state index < -0.39 is 5.82 Å². The second-order valence-electron chi connectivity index (χ2n) is 4.54. The number of carbonyl (C=O) groups excluding carboxylic acids is 1. The molecule has 0 saturated carbocycles. The molecule has 0 atom stereocenters. The smallest absolute Gasteiger partial charge is 0.255 e. The number of amides is 1. The average Bonchev–Trinajstić information content (AvgIpc) is 2.41. The minimum absolute atomic E-state index is 0.155. The maximum absolute atomic E-state index is 13.2. The van der Waals surface area contributed by atoms with Gasteiger partial charge in [0.25, 0.3) is 5.91 Å². The van der Waals surface area contributed by atoms with Gasteiger partial charge in [0.2, 0.25) is 0 Å². The molecule has 2 rings (SSSR count). The van der Waals surface area contributed by atoms with Crippen LogP contribution >= 0.6 is 15.9 Å². The van der Waals surface area contributed by atoms with Gasteiger partial charge in [-0.3, -0.25) is 4.79 Å². The lowest BCUT2D eigenvalue weighted by molar-refractivity contribution is 0.0649. The van der Waals surface area contributed by atoms with Crippen LogP contribution < -0.4 is 0 Å². The van der Waals surface area contributed by atoms with Crippen LogP contribution in [0.2, 0.25) is 0 Å². The molecular formula is C13H15BrFNO2. The molecule has 0 spiro atoms. The van der Waals surface area contributed by atoms with Crippen molar-refractivity contribution in [1.29, 1.82) is 0 Å². The first-order valence-corrected chi connectivity index (χ1v) is 6.76. The largest absolute Gasteiger partial charge is 0.396 e. The van der Waals surface area contributed by atoms with Gasteiger partial charge >= 0.3 is 0 Å². The Labute approximate surface area is 114 Å². The molecule has 1 aromatic carbocycles. The van der Waals surface area contributed by atoms with E-state index in [1.807, 2.05) is 0 Å². The zero-order chi connectivity index (χ0) is 13.1. The molecule has 0 bridgehead atoms. The molecule has 1 saturated heterocycles. The maximum Gasteiger partial charge on any atom is 0.255 e. The van der Waals surface area contributed by atoms with E-state index >= 15 is 0 Å². The zero-order valence-electron chi connectivity index (χ0n) is 9.90. The van der Waals surface area contributed by atoms with Crippen molar-refractivity contribution in [3.63, 3.8) is 0 Å². The number of likely N-dealkylation sites (tertiary alicyclic amines) is 1. The molecular weight excluding hydrogens is 301 g/mol. The van der Waals surface area contributed by atoms with Gasteiger partial charge in [-0.1, -0.05) is 0 Å². The molecule has 1 heterocycles. The highest BCUT2D eigenvalue weighted by molar-refractivity contribution is 9.10. The summed E-state index contributed by atoms with van der Waals surface area (Å²) >= 11 is 3.27. The van der Waals surface area contributed by atoms with Crippen molar-refractivity contribution in [2.75, 3.05) is 19.7 Å². The Balaban J connectivity index is 2.10. The number of nitrogens with zero attached hydrogens (tertiary/aromatic N) is 1. The van der Waals surface area contributed by atoms with Crippen molar-refractivity contribution in [3.05, 3.63) is 34.1 Å². The molecule has 3 nitrogen and oxygen atoms in total. The molecule has 1 amide bonds. The van der Waals surface area contributed by atoms with Crippen LogP contribution in [0.5, 0.6) is 0 Å². The van der Waals surface area contributed by atoms with Crippen LogP contribution in [0.15, 0.2) is 22.7 Å². The van der Waals surface area contributed by atoms with Gasteiger partial charge in [-0.25, -0.2) is 4.39 Å². The SMILES string of the molecule is O=C(c1cc(F)ccc1Br)N1CCC(CO)CC1. The predicted octanol–water partition coefficient (Wildman–Crippen LogP) is 2.43. The summed E-state index contributed by atoms with van der Waals surface area (Å²) in [6.45, 7) is 1.41. The molecule has 98 valence electrons. The number of aliphatic hydroxyl groups is 1. The number of hydrogen-bond acceptors (Lipinski definition) is 2. The van der Waals surface area contributed by atoms with Gasteiger partial charge in [-0.05, 0) is 52.9 Å². The number of rotatable bonds is 2. The lowest BCUT2D eigenvalue weighted by Crippen LogP contribution is -2.39. The molecule has 0 aromatic heterocycles. The van der Waals surface area contributed by atoms with Crippen LogP contribution in [0.25, 0.3) is 0 Å². The third-order valence-corrected chi connectivity index (χ3v) is 4.01. The molecule has 1 N–H and O–H groups in total. The first kappa shape index (κ1) is 13.5. The molecule has 1 fully saturated rings. The van der Waals surface area contributed by atoms with Crippen molar-refractivity contribution in [2.45, 2.75) is 12.8 Å².